The third-order valence-corrected chi connectivity index (χ3v) is 5.38. The van der Waals surface area contributed by atoms with Crippen molar-refractivity contribution in [3.05, 3.63) is 70.3 Å². The number of hydrogen-bond acceptors (Lipinski definition) is 6. The highest BCUT2D eigenvalue weighted by molar-refractivity contribution is 5.66. The first-order valence-electron chi connectivity index (χ1n) is 10.1. The van der Waals surface area contributed by atoms with Crippen molar-refractivity contribution in [1.29, 1.82) is 0 Å². The van der Waals surface area contributed by atoms with Gasteiger partial charge in [-0.15, -0.1) is 0 Å². The summed E-state index contributed by atoms with van der Waals surface area (Å²) in [6.07, 6.45) is 6.54. The van der Waals surface area contributed by atoms with Crippen molar-refractivity contribution in [3.8, 4) is 17.0 Å². The minimum absolute atomic E-state index is 0.0716. The fourth-order valence-corrected chi connectivity index (χ4v) is 3.49. The number of aromatic nitrogens is 4. The summed E-state index contributed by atoms with van der Waals surface area (Å²) in [7, 11) is 1.62. The number of hydrogen-bond donors (Lipinski definition) is 0. The molecular weight excluding hydrogens is 380 g/mol. The van der Waals surface area contributed by atoms with Crippen LogP contribution in [-0.2, 0) is 11.3 Å². The van der Waals surface area contributed by atoms with Crippen LogP contribution in [0, 0.1) is 19.8 Å². The van der Waals surface area contributed by atoms with Gasteiger partial charge < -0.3 is 14.0 Å². The van der Waals surface area contributed by atoms with E-state index in [1.54, 1.807) is 36.2 Å². The molecule has 0 amide bonds. The van der Waals surface area contributed by atoms with Crippen LogP contribution in [0.2, 0.25) is 0 Å². The van der Waals surface area contributed by atoms with Gasteiger partial charge in [-0.3, -0.25) is 9.78 Å². The molecule has 7 heteroatoms. The van der Waals surface area contributed by atoms with E-state index in [1.807, 2.05) is 20.0 Å². The summed E-state index contributed by atoms with van der Waals surface area (Å²) in [6.45, 7) is 5.41. The predicted molar refractivity (Wildman–Crippen MR) is 114 cm³/mol. The summed E-state index contributed by atoms with van der Waals surface area (Å²) in [5.41, 5.74) is 3.84. The SMILES string of the molecule is COCCn1cc(-c2cnc(C)nc2OCC2C[C@H]2c2ccc(C)cn2)ccc1=O. The van der Waals surface area contributed by atoms with Crippen molar-refractivity contribution >= 4 is 0 Å². The molecule has 0 bridgehead atoms. The predicted octanol–water partition coefficient (Wildman–Crippen LogP) is 3.15. The maximum Gasteiger partial charge on any atom is 0.250 e. The van der Waals surface area contributed by atoms with Crippen molar-refractivity contribution in [3.63, 3.8) is 0 Å². The van der Waals surface area contributed by atoms with E-state index in [1.165, 1.54) is 5.56 Å². The molecule has 0 aromatic carbocycles. The van der Waals surface area contributed by atoms with Gasteiger partial charge in [0.1, 0.15) is 5.82 Å². The molecule has 3 aromatic heterocycles. The lowest BCUT2D eigenvalue weighted by molar-refractivity contribution is 0.186. The molecule has 0 radical (unpaired) electrons. The zero-order valence-electron chi connectivity index (χ0n) is 17.5. The van der Waals surface area contributed by atoms with Crippen LogP contribution >= 0.6 is 0 Å². The Bertz CT molecular complexity index is 1080. The molecule has 4 rings (SSSR count). The molecule has 0 N–H and O–H groups in total. The number of aryl methyl sites for hydroxylation is 2. The standard InChI is InChI=1S/C23H26N4O3/c1-15-4-6-21(25-11-15)19-10-18(19)14-30-23-20(12-24-16(2)26-23)17-5-7-22(28)27(13-17)8-9-29-3/h4-7,11-13,18-19H,8-10,14H2,1-3H3/t18?,19-/m1/s1. The van der Waals surface area contributed by atoms with Gasteiger partial charge in [0.2, 0.25) is 5.88 Å². The van der Waals surface area contributed by atoms with Gasteiger partial charge in [0.05, 0.1) is 18.8 Å². The summed E-state index contributed by atoms with van der Waals surface area (Å²) in [5, 5.41) is 0. The Morgan fingerprint density at radius 3 is 2.77 bits per heavy atom. The van der Waals surface area contributed by atoms with Gasteiger partial charge in [-0.1, -0.05) is 6.07 Å². The third kappa shape index (κ3) is 4.57. The van der Waals surface area contributed by atoms with Crippen molar-refractivity contribution in [1.82, 2.24) is 19.5 Å². The number of pyridine rings is 2. The van der Waals surface area contributed by atoms with Crippen LogP contribution in [0.25, 0.3) is 11.1 Å². The lowest BCUT2D eigenvalue weighted by atomic mass is 10.1. The van der Waals surface area contributed by atoms with Crippen LogP contribution in [0.15, 0.2) is 47.7 Å². The van der Waals surface area contributed by atoms with Gasteiger partial charge in [-0.2, -0.15) is 4.98 Å². The average Bonchev–Trinajstić information content (AvgIpc) is 3.52. The van der Waals surface area contributed by atoms with Crippen LogP contribution in [0.1, 0.15) is 29.4 Å². The zero-order valence-corrected chi connectivity index (χ0v) is 17.5. The van der Waals surface area contributed by atoms with E-state index in [9.17, 15) is 4.79 Å². The minimum Gasteiger partial charge on any atom is -0.477 e. The Morgan fingerprint density at radius 2 is 2.00 bits per heavy atom. The highest BCUT2D eigenvalue weighted by Crippen LogP contribution is 2.47. The smallest absolute Gasteiger partial charge is 0.250 e. The lowest BCUT2D eigenvalue weighted by Gasteiger charge is -2.12. The fraction of sp³-hybridized carbons (Fsp3) is 0.391. The van der Waals surface area contributed by atoms with Gasteiger partial charge in [0.25, 0.3) is 5.56 Å². The number of ether oxygens (including phenoxy) is 2. The number of rotatable bonds is 8. The minimum atomic E-state index is -0.0716. The molecule has 0 aliphatic heterocycles. The van der Waals surface area contributed by atoms with Crippen LogP contribution in [-0.4, -0.2) is 39.8 Å². The molecule has 1 fully saturated rings. The lowest BCUT2D eigenvalue weighted by Crippen LogP contribution is -2.20. The highest BCUT2D eigenvalue weighted by atomic mass is 16.5. The van der Waals surface area contributed by atoms with E-state index in [4.69, 9.17) is 9.47 Å². The maximum atomic E-state index is 12.1. The molecule has 0 spiro atoms. The summed E-state index contributed by atoms with van der Waals surface area (Å²) in [4.78, 5) is 25.5. The Morgan fingerprint density at radius 1 is 1.13 bits per heavy atom. The second-order valence-corrected chi connectivity index (χ2v) is 7.75. The van der Waals surface area contributed by atoms with Crippen molar-refractivity contribution in [2.75, 3.05) is 20.3 Å². The molecule has 1 saturated carbocycles. The Hall–Kier alpha value is -3.06. The van der Waals surface area contributed by atoms with E-state index < -0.39 is 0 Å². The van der Waals surface area contributed by atoms with Crippen molar-refractivity contribution in [2.24, 2.45) is 5.92 Å². The summed E-state index contributed by atoms with van der Waals surface area (Å²) >= 11 is 0. The van der Waals surface area contributed by atoms with E-state index in [2.05, 4.69) is 27.1 Å². The van der Waals surface area contributed by atoms with Crippen molar-refractivity contribution < 1.29 is 9.47 Å². The molecule has 0 saturated heterocycles. The largest absolute Gasteiger partial charge is 0.477 e. The quantitative estimate of drug-likeness (QED) is 0.572. The maximum absolute atomic E-state index is 12.1. The molecule has 1 aliphatic rings. The van der Waals surface area contributed by atoms with E-state index in [0.29, 0.717) is 43.3 Å². The first kappa shape index (κ1) is 20.2. The number of nitrogens with zero attached hydrogens (tertiary/aromatic N) is 4. The van der Waals surface area contributed by atoms with Crippen LogP contribution in [0.4, 0.5) is 0 Å². The van der Waals surface area contributed by atoms with E-state index >= 15 is 0 Å². The zero-order chi connectivity index (χ0) is 21.1. The summed E-state index contributed by atoms with van der Waals surface area (Å²) < 4.78 is 12.9. The molecular formula is C23H26N4O3. The Kier molecular flexibility index (Phi) is 5.90. The molecule has 1 unspecified atom stereocenters. The summed E-state index contributed by atoms with van der Waals surface area (Å²) in [6, 6.07) is 7.53. The Labute approximate surface area is 175 Å². The topological polar surface area (TPSA) is 79.1 Å². The molecule has 7 nitrogen and oxygen atoms in total. The van der Waals surface area contributed by atoms with Crippen molar-refractivity contribution in [2.45, 2.75) is 32.7 Å². The van der Waals surface area contributed by atoms with Gasteiger partial charge in [0.15, 0.2) is 0 Å². The van der Waals surface area contributed by atoms with Gasteiger partial charge in [-0.05, 0) is 38.0 Å². The molecule has 1 aliphatic carbocycles. The first-order valence-corrected chi connectivity index (χ1v) is 10.1. The normalized spacial score (nSPS) is 17.7. The van der Waals surface area contributed by atoms with E-state index in [0.717, 1.165) is 23.2 Å². The van der Waals surface area contributed by atoms with Gasteiger partial charge in [0, 0.05) is 61.4 Å². The number of methoxy groups -OCH3 is 1. The second kappa shape index (κ2) is 8.75. The second-order valence-electron chi connectivity index (χ2n) is 7.75. The third-order valence-electron chi connectivity index (χ3n) is 5.38. The molecule has 2 atom stereocenters. The Balaban J connectivity index is 1.50. The van der Waals surface area contributed by atoms with Crippen LogP contribution < -0.4 is 10.3 Å². The fourth-order valence-electron chi connectivity index (χ4n) is 3.49. The van der Waals surface area contributed by atoms with Crippen LogP contribution in [0.5, 0.6) is 5.88 Å². The molecule has 30 heavy (non-hydrogen) atoms. The first-order chi connectivity index (χ1) is 14.5. The van der Waals surface area contributed by atoms with E-state index in [-0.39, 0.29) is 5.56 Å². The van der Waals surface area contributed by atoms with Gasteiger partial charge >= 0.3 is 0 Å². The average molecular weight is 406 g/mol. The van der Waals surface area contributed by atoms with Crippen LogP contribution in [0.3, 0.4) is 0 Å². The highest BCUT2D eigenvalue weighted by Gasteiger charge is 2.40. The molecule has 3 aromatic rings. The monoisotopic (exact) mass is 406 g/mol. The summed E-state index contributed by atoms with van der Waals surface area (Å²) in [5.74, 6) is 2.06. The molecule has 156 valence electrons. The molecule has 3 heterocycles. The van der Waals surface area contributed by atoms with Gasteiger partial charge in [-0.25, -0.2) is 4.98 Å².